The van der Waals surface area contributed by atoms with E-state index in [-0.39, 0.29) is 22.5 Å². The van der Waals surface area contributed by atoms with Crippen LogP contribution in [0.2, 0.25) is 0 Å². The van der Waals surface area contributed by atoms with Crippen molar-refractivity contribution in [2.24, 2.45) is 5.73 Å². The molecule has 23 heteroatoms. The average Bonchev–Trinajstić information content (AvgIpc) is 3.61. The van der Waals surface area contributed by atoms with Gasteiger partial charge < -0.3 is 46.0 Å². The van der Waals surface area contributed by atoms with Crippen LogP contribution in [0, 0.1) is 0 Å². The summed E-state index contributed by atoms with van der Waals surface area (Å²) in [6, 6.07) is 2.82. The molecule has 2 unspecified atom stereocenters. The van der Waals surface area contributed by atoms with Crippen molar-refractivity contribution in [1.29, 1.82) is 0 Å². The number of imidazole rings is 1. The van der Waals surface area contributed by atoms with Crippen LogP contribution < -0.4 is 16.0 Å². The van der Waals surface area contributed by atoms with Crippen LogP contribution in [0.15, 0.2) is 37.2 Å². The van der Waals surface area contributed by atoms with Gasteiger partial charge in [0.15, 0.2) is 42.4 Å². The van der Waals surface area contributed by atoms with Crippen molar-refractivity contribution in [3.05, 3.63) is 42.7 Å². The van der Waals surface area contributed by atoms with Crippen molar-refractivity contribution in [3.8, 4) is 0 Å². The lowest BCUT2D eigenvalue weighted by atomic mass is 10.1. The number of fused-ring (bicyclic) bond motifs is 1. The largest absolute Gasteiger partial charge is 0.481 e. The Balaban J connectivity index is 1.16. The van der Waals surface area contributed by atoms with Crippen LogP contribution in [0.25, 0.3) is 11.2 Å². The molecule has 0 aromatic carbocycles. The zero-order chi connectivity index (χ0) is 32.0. The van der Waals surface area contributed by atoms with Crippen LogP contribution in [0.1, 0.15) is 22.8 Å². The second-order valence-electron chi connectivity index (χ2n) is 9.64. The molecule has 240 valence electrons. The normalized spacial score (nSPS) is 31.6. The summed E-state index contributed by atoms with van der Waals surface area (Å²) in [5.74, 6) is -0.761. The monoisotopic (exact) mass is 666 g/mol. The highest BCUT2D eigenvalue weighted by Crippen LogP contribution is 2.60. The van der Waals surface area contributed by atoms with Crippen molar-refractivity contribution in [2.75, 3.05) is 18.9 Å². The number of pyridine rings is 1. The molecule has 0 spiro atoms. The van der Waals surface area contributed by atoms with Gasteiger partial charge in [0.25, 0.3) is 12.1 Å². The lowest BCUT2D eigenvalue weighted by Gasteiger charge is -2.20. The highest BCUT2D eigenvalue weighted by molar-refractivity contribution is 7.61. The molecule has 2 aliphatic rings. The molecule has 0 aliphatic carbocycles. The van der Waals surface area contributed by atoms with Crippen molar-refractivity contribution < 1.29 is 70.8 Å². The molecule has 2 fully saturated rings. The van der Waals surface area contributed by atoms with Gasteiger partial charge in [-0.2, -0.15) is 8.88 Å². The molecule has 0 saturated carbocycles. The summed E-state index contributed by atoms with van der Waals surface area (Å²) in [6.07, 6.45) is -8.10. The fourth-order valence-electron chi connectivity index (χ4n) is 4.54. The number of hydrogen-bond acceptors (Lipinski definition) is 15. The number of aromatic nitrogens is 5. The first-order chi connectivity index (χ1) is 20.7. The van der Waals surface area contributed by atoms with Gasteiger partial charge in [0.1, 0.15) is 41.8 Å². The standard InChI is InChI=1S/C21H26FN7O13P2/c22-12-14(30)10(40-20(12)29-8-27-13-17(23)25-7-26-19(13)29)5-38-43(34,35)42-44(36,37)39-6-11-15(31)16(32)21(41-11)28-3-1-2-9(4-28)18(24)33/h1-4,7-8,10-12,14-16,20-21,30-32H,5-6H2,(H5-,23,24,25,26,33,34,35,36,37)/p+1/t10-,11-,12+,14-,15-,16-,20-,21-/m1/s1. The van der Waals surface area contributed by atoms with Crippen molar-refractivity contribution >= 4 is 38.5 Å². The molecule has 20 nitrogen and oxygen atoms in total. The van der Waals surface area contributed by atoms with E-state index >= 15 is 0 Å². The van der Waals surface area contributed by atoms with E-state index in [0.29, 0.717) is 0 Å². The Labute approximate surface area is 245 Å². The number of aliphatic hydroxyl groups excluding tert-OH is 3. The number of phosphoric ester groups is 2. The fraction of sp³-hybridized carbons (Fsp3) is 0.476. The minimum absolute atomic E-state index is 0.00971. The predicted octanol–water partition coefficient (Wildman–Crippen LogP) is -2.04. The zero-order valence-electron chi connectivity index (χ0n) is 22.2. The number of carbonyl (C=O) groups is 1. The summed E-state index contributed by atoms with van der Waals surface area (Å²) in [7, 11) is -10.8. The third kappa shape index (κ3) is 6.64. The van der Waals surface area contributed by atoms with Crippen LogP contribution in [0.5, 0.6) is 0 Å². The van der Waals surface area contributed by atoms with Crippen molar-refractivity contribution in [2.45, 2.75) is 49.1 Å². The molecule has 0 radical (unpaired) electrons. The molecule has 9 N–H and O–H groups in total. The molecule has 1 amide bonds. The van der Waals surface area contributed by atoms with E-state index in [2.05, 4.69) is 28.3 Å². The maximum absolute atomic E-state index is 14.9. The molecule has 3 aromatic rings. The van der Waals surface area contributed by atoms with Crippen LogP contribution in [0.3, 0.4) is 0 Å². The van der Waals surface area contributed by atoms with Gasteiger partial charge in [-0.05, 0) is 6.07 Å². The number of primary amides is 1. The quantitative estimate of drug-likeness (QED) is 0.0856. The number of nitrogens with zero attached hydrogens (tertiary/aromatic N) is 5. The van der Waals surface area contributed by atoms with Gasteiger partial charge in [-0.1, -0.05) is 0 Å². The Bertz CT molecular complexity index is 1630. The van der Waals surface area contributed by atoms with Crippen molar-refractivity contribution in [1.82, 2.24) is 19.5 Å². The molecule has 2 aliphatic heterocycles. The lowest BCUT2D eigenvalue weighted by Crippen LogP contribution is -2.46. The number of phosphoric acid groups is 2. The first-order valence-electron chi connectivity index (χ1n) is 12.6. The number of nitrogens with two attached hydrogens (primary N) is 2. The molecule has 44 heavy (non-hydrogen) atoms. The Morgan fingerprint density at radius 2 is 1.70 bits per heavy atom. The van der Waals surface area contributed by atoms with E-state index in [4.69, 9.17) is 20.9 Å². The number of anilines is 1. The van der Waals surface area contributed by atoms with E-state index in [1.165, 1.54) is 29.1 Å². The molecular formula is C21H27FN7O13P2+. The summed E-state index contributed by atoms with van der Waals surface area (Å²) in [4.78, 5) is 43.1. The van der Waals surface area contributed by atoms with Crippen LogP contribution >= 0.6 is 15.6 Å². The number of amides is 1. The number of ether oxygens (including phenoxy) is 2. The van der Waals surface area contributed by atoms with Gasteiger partial charge in [-0.25, -0.2) is 28.5 Å². The van der Waals surface area contributed by atoms with E-state index in [1.54, 1.807) is 0 Å². The fourth-order valence-corrected chi connectivity index (χ4v) is 6.64. The minimum atomic E-state index is -5.41. The Morgan fingerprint density at radius 3 is 2.36 bits per heavy atom. The highest BCUT2D eigenvalue weighted by atomic mass is 31.3. The van der Waals surface area contributed by atoms with E-state index in [0.717, 1.165) is 17.2 Å². The summed E-state index contributed by atoms with van der Waals surface area (Å²) >= 11 is 0. The maximum Gasteiger partial charge on any atom is 0.481 e. The van der Waals surface area contributed by atoms with Crippen LogP contribution in [-0.2, 0) is 32.0 Å². The molecular weight excluding hydrogens is 639 g/mol. The number of nitrogen functional groups attached to an aromatic ring is 1. The van der Waals surface area contributed by atoms with Crippen molar-refractivity contribution in [3.63, 3.8) is 0 Å². The van der Waals surface area contributed by atoms with E-state index in [9.17, 15) is 43.4 Å². The Hall–Kier alpha value is -3.04. The number of rotatable bonds is 11. The van der Waals surface area contributed by atoms with E-state index in [1.807, 2.05) is 0 Å². The number of aliphatic hydroxyl groups is 3. The first kappa shape index (κ1) is 32.4. The zero-order valence-corrected chi connectivity index (χ0v) is 24.0. The van der Waals surface area contributed by atoms with Gasteiger partial charge >= 0.3 is 15.6 Å². The molecule has 2 saturated heterocycles. The maximum atomic E-state index is 14.9. The van der Waals surface area contributed by atoms with Gasteiger partial charge in [-0.3, -0.25) is 18.4 Å². The van der Waals surface area contributed by atoms with Gasteiger partial charge in [0, 0.05) is 6.07 Å². The average molecular weight is 666 g/mol. The van der Waals surface area contributed by atoms with Gasteiger partial charge in [0.05, 0.1) is 19.5 Å². The predicted molar refractivity (Wildman–Crippen MR) is 138 cm³/mol. The summed E-state index contributed by atoms with van der Waals surface area (Å²) in [5, 5.41) is 31.0. The Morgan fingerprint density at radius 1 is 1.05 bits per heavy atom. The number of halogens is 1. The topological polar surface area (TPSA) is 298 Å². The second-order valence-corrected chi connectivity index (χ2v) is 12.7. The summed E-state index contributed by atoms with van der Waals surface area (Å²) < 4.78 is 66.5. The SMILES string of the molecule is NC(=O)c1ccc[n+]([C@@H]2O[C@H](COP(=O)(O)OP(=O)(O)OC[C@H]3O[C@@H](n4cnc5c(N)ncnc54)[C@@H](F)[C@@H]3O)[C@@H](O)[C@H]2O)c1. The smallest absolute Gasteiger partial charge is 0.387 e. The molecule has 3 aromatic heterocycles. The van der Waals surface area contributed by atoms with E-state index < -0.39 is 83.9 Å². The first-order valence-corrected chi connectivity index (χ1v) is 15.6. The summed E-state index contributed by atoms with van der Waals surface area (Å²) in [6.45, 7) is -1.89. The molecule has 0 bridgehead atoms. The van der Waals surface area contributed by atoms with Gasteiger partial charge in [-0.15, -0.1) is 0 Å². The molecule has 10 atom stereocenters. The molecule has 5 heterocycles. The number of carbonyl (C=O) groups excluding carboxylic acids is 1. The number of alkyl halides is 1. The third-order valence-corrected chi connectivity index (χ3v) is 9.30. The van der Waals surface area contributed by atoms with Crippen LogP contribution in [0.4, 0.5) is 10.2 Å². The molecule has 5 rings (SSSR count). The van der Waals surface area contributed by atoms with Gasteiger partial charge in [0.2, 0.25) is 0 Å². The Kier molecular flexibility index (Phi) is 9.11. The third-order valence-electron chi connectivity index (χ3n) is 6.70. The number of hydrogen-bond donors (Lipinski definition) is 7. The lowest BCUT2D eigenvalue weighted by molar-refractivity contribution is -0.765. The highest BCUT2D eigenvalue weighted by Gasteiger charge is 2.50. The second kappa shape index (κ2) is 12.4. The minimum Gasteiger partial charge on any atom is -0.387 e. The summed E-state index contributed by atoms with van der Waals surface area (Å²) in [5.41, 5.74) is 11.2. The van der Waals surface area contributed by atoms with Crippen LogP contribution in [-0.4, -0.2) is 100 Å².